The third kappa shape index (κ3) is 6.00. The van der Waals surface area contributed by atoms with Crippen LogP contribution in [0.5, 0.6) is 0 Å². The number of rotatable bonds is 11. The average Bonchev–Trinajstić information content (AvgIpc) is 3.13. The molecule has 4 rings (SSSR count). The number of fused-ring (bicyclic) bond motifs is 3. The van der Waals surface area contributed by atoms with Crippen LogP contribution in [0.2, 0.25) is 0 Å². The molecular weight excluding hydrogens is 448 g/mol. The molecule has 2 aromatic rings. The molecule has 2 amide bonds. The molecule has 8 heteroatoms. The predicted molar refractivity (Wildman–Crippen MR) is 130 cm³/mol. The zero-order chi connectivity index (χ0) is 24.8. The highest BCUT2D eigenvalue weighted by atomic mass is 16.5. The molecule has 8 nitrogen and oxygen atoms in total. The minimum absolute atomic E-state index is 0.0207. The second-order valence-electron chi connectivity index (χ2n) is 9.14. The van der Waals surface area contributed by atoms with Crippen molar-refractivity contribution in [3.63, 3.8) is 0 Å². The summed E-state index contributed by atoms with van der Waals surface area (Å²) in [5.41, 5.74) is 4.64. The summed E-state index contributed by atoms with van der Waals surface area (Å²) in [7, 11) is 0. The van der Waals surface area contributed by atoms with Crippen molar-refractivity contribution in [1.29, 1.82) is 0 Å². The van der Waals surface area contributed by atoms with Gasteiger partial charge in [-0.15, -0.1) is 0 Å². The maximum atomic E-state index is 12.7. The number of carbonyl (C=O) groups is 3. The summed E-state index contributed by atoms with van der Waals surface area (Å²) in [5.74, 6) is -1.13. The Labute approximate surface area is 205 Å². The first kappa shape index (κ1) is 24.7. The number of nitrogens with one attached hydrogen (secondary N) is 1. The normalized spacial score (nSPS) is 15.6. The second-order valence-corrected chi connectivity index (χ2v) is 9.14. The molecular formula is C27H32N2O6. The van der Waals surface area contributed by atoms with Crippen LogP contribution in [0, 0.1) is 0 Å². The molecule has 1 aliphatic heterocycles. The lowest BCUT2D eigenvalue weighted by Gasteiger charge is -2.39. The van der Waals surface area contributed by atoms with Gasteiger partial charge < -0.3 is 24.8 Å². The first-order valence-corrected chi connectivity index (χ1v) is 12.2. The number of amides is 2. The highest BCUT2D eigenvalue weighted by Gasteiger charge is 2.33. The number of hydrogen-bond acceptors (Lipinski definition) is 5. The number of benzene rings is 2. The topological polar surface area (TPSA) is 105 Å². The van der Waals surface area contributed by atoms with Crippen molar-refractivity contribution >= 4 is 18.0 Å². The molecule has 0 radical (unpaired) electrons. The Kier molecular flexibility index (Phi) is 8.02. The fourth-order valence-electron chi connectivity index (χ4n) is 4.76. The Balaban J connectivity index is 1.30. The quantitative estimate of drug-likeness (QED) is 0.507. The predicted octanol–water partition coefficient (Wildman–Crippen LogP) is 3.79. The molecule has 0 bridgehead atoms. The van der Waals surface area contributed by atoms with Gasteiger partial charge in [0.15, 0.2) is 0 Å². The lowest BCUT2D eigenvalue weighted by atomic mass is 9.98. The van der Waals surface area contributed by atoms with E-state index in [0.717, 1.165) is 24.0 Å². The Morgan fingerprint density at radius 2 is 1.69 bits per heavy atom. The average molecular weight is 481 g/mol. The monoisotopic (exact) mass is 480 g/mol. The summed E-state index contributed by atoms with van der Waals surface area (Å²) in [6, 6.07) is 16.0. The van der Waals surface area contributed by atoms with E-state index in [1.54, 1.807) is 4.90 Å². The Hall–Kier alpha value is -3.39. The molecule has 1 fully saturated rings. The van der Waals surface area contributed by atoms with Gasteiger partial charge in [0.1, 0.15) is 13.2 Å². The van der Waals surface area contributed by atoms with Gasteiger partial charge in [-0.3, -0.25) is 4.79 Å². The molecule has 1 atom stereocenters. The summed E-state index contributed by atoms with van der Waals surface area (Å²) in [5, 5.41) is 11.6. The molecule has 1 heterocycles. The summed E-state index contributed by atoms with van der Waals surface area (Å²) in [4.78, 5) is 37.6. The molecule has 2 aliphatic rings. The summed E-state index contributed by atoms with van der Waals surface area (Å²) in [6.07, 6.45) is 1.92. The number of aliphatic carboxylic acids is 1. The Bertz CT molecular complexity index is 1020. The first-order chi connectivity index (χ1) is 17.0. The largest absolute Gasteiger partial charge is 0.480 e. The first-order valence-electron chi connectivity index (χ1n) is 12.2. The van der Waals surface area contributed by atoms with E-state index in [-0.39, 0.29) is 43.6 Å². The SMILES string of the molecule is CCCC[C@@H](CC(=O)N1CC(OCC(=O)O)C1)NC(=O)OCC1c2ccccc2-c2ccccc21. The van der Waals surface area contributed by atoms with Crippen molar-refractivity contribution in [1.82, 2.24) is 10.2 Å². The highest BCUT2D eigenvalue weighted by molar-refractivity contribution is 5.80. The standard InChI is InChI=1S/C27H32N2O6/c1-2-3-8-18(13-25(30)29-14-19(15-29)34-17-26(31)32)28-27(33)35-16-24-22-11-6-4-9-20(22)21-10-5-7-12-23(21)24/h4-7,9-12,18-19,24H,2-3,8,13-17H2,1H3,(H,28,33)(H,31,32)/t18-/m0/s1. The molecule has 1 aliphatic carbocycles. The molecule has 1 saturated heterocycles. The maximum absolute atomic E-state index is 12.7. The summed E-state index contributed by atoms with van der Waals surface area (Å²) >= 11 is 0. The zero-order valence-corrected chi connectivity index (χ0v) is 19.9. The highest BCUT2D eigenvalue weighted by Crippen LogP contribution is 2.44. The number of hydrogen-bond donors (Lipinski definition) is 2. The Morgan fingerprint density at radius 3 is 2.29 bits per heavy atom. The van der Waals surface area contributed by atoms with Crippen LogP contribution in [0.1, 0.15) is 49.7 Å². The number of carboxylic acid groups (broad SMARTS) is 1. The van der Waals surface area contributed by atoms with Crippen LogP contribution in [-0.2, 0) is 19.1 Å². The fraction of sp³-hybridized carbons (Fsp3) is 0.444. The van der Waals surface area contributed by atoms with E-state index in [2.05, 4.69) is 36.5 Å². The van der Waals surface area contributed by atoms with Crippen molar-refractivity contribution in [2.45, 2.75) is 50.7 Å². The van der Waals surface area contributed by atoms with Crippen molar-refractivity contribution in [2.24, 2.45) is 0 Å². The fourth-order valence-corrected chi connectivity index (χ4v) is 4.76. The van der Waals surface area contributed by atoms with Crippen molar-refractivity contribution in [3.8, 4) is 11.1 Å². The van der Waals surface area contributed by atoms with E-state index in [9.17, 15) is 14.4 Å². The number of alkyl carbamates (subject to hydrolysis) is 1. The lowest BCUT2D eigenvalue weighted by Crippen LogP contribution is -2.56. The Morgan fingerprint density at radius 1 is 1.06 bits per heavy atom. The number of carbonyl (C=O) groups excluding carboxylic acids is 2. The van der Waals surface area contributed by atoms with E-state index >= 15 is 0 Å². The van der Waals surface area contributed by atoms with Crippen LogP contribution in [0.25, 0.3) is 11.1 Å². The van der Waals surface area contributed by atoms with Crippen molar-refractivity contribution < 1.29 is 29.0 Å². The third-order valence-electron chi connectivity index (χ3n) is 6.64. The minimum atomic E-state index is -1.03. The van der Waals surface area contributed by atoms with Crippen molar-refractivity contribution in [2.75, 3.05) is 26.3 Å². The van der Waals surface area contributed by atoms with Gasteiger partial charge in [-0.25, -0.2) is 9.59 Å². The molecule has 0 spiro atoms. The van der Waals surface area contributed by atoms with Gasteiger partial charge in [0, 0.05) is 31.5 Å². The van der Waals surface area contributed by atoms with E-state index in [1.807, 2.05) is 24.3 Å². The smallest absolute Gasteiger partial charge is 0.407 e. The molecule has 186 valence electrons. The van der Waals surface area contributed by atoms with Crippen molar-refractivity contribution in [3.05, 3.63) is 59.7 Å². The van der Waals surface area contributed by atoms with Gasteiger partial charge in [-0.05, 0) is 28.7 Å². The van der Waals surface area contributed by atoms with Crippen LogP contribution in [0.4, 0.5) is 4.79 Å². The molecule has 2 aromatic carbocycles. The number of nitrogens with zero attached hydrogens (tertiary/aromatic N) is 1. The zero-order valence-electron chi connectivity index (χ0n) is 19.9. The second kappa shape index (κ2) is 11.4. The van der Waals surface area contributed by atoms with Crippen LogP contribution in [0.3, 0.4) is 0 Å². The van der Waals surface area contributed by atoms with Gasteiger partial charge in [0.25, 0.3) is 0 Å². The number of carboxylic acids is 1. The summed E-state index contributed by atoms with van der Waals surface area (Å²) in [6.45, 7) is 2.67. The van der Waals surface area contributed by atoms with Gasteiger partial charge in [0.05, 0.1) is 6.10 Å². The summed E-state index contributed by atoms with van der Waals surface area (Å²) < 4.78 is 10.9. The van der Waals surface area contributed by atoms with E-state index in [1.165, 1.54) is 11.1 Å². The van der Waals surface area contributed by atoms with Gasteiger partial charge in [-0.2, -0.15) is 0 Å². The van der Waals surface area contributed by atoms with E-state index in [0.29, 0.717) is 19.5 Å². The number of unbranched alkanes of at least 4 members (excludes halogenated alkanes) is 1. The molecule has 35 heavy (non-hydrogen) atoms. The molecule has 2 N–H and O–H groups in total. The molecule has 0 unspecified atom stereocenters. The lowest BCUT2D eigenvalue weighted by molar-refractivity contribution is -0.154. The minimum Gasteiger partial charge on any atom is -0.480 e. The molecule has 0 aromatic heterocycles. The van der Waals surface area contributed by atoms with E-state index < -0.39 is 12.1 Å². The third-order valence-corrected chi connectivity index (χ3v) is 6.64. The van der Waals surface area contributed by atoms with E-state index in [4.69, 9.17) is 14.6 Å². The van der Waals surface area contributed by atoms with Crippen LogP contribution in [0.15, 0.2) is 48.5 Å². The van der Waals surface area contributed by atoms with Crippen LogP contribution >= 0.6 is 0 Å². The van der Waals surface area contributed by atoms with Gasteiger partial charge >= 0.3 is 12.1 Å². The van der Waals surface area contributed by atoms with Crippen LogP contribution in [-0.4, -0.2) is 66.4 Å². The number of ether oxygens (including phenoxy) is 2. The van der Waals surface area contributed by atoms with Gasteiger partial charge in [0.2, 0.25) is 5.91 Å². The molecule has 0 saturated carbocycles. The maximum Gasteiger partial charge on any atom is 0.407 e. The van der Waals surface area contributed by atoms with Gasteiger partial charge in [-0.1, -0.05) is 68.3 Å². The number of likely N-dealkylation sites (tertiary alicyclic amines) is 1. The van der Waals surface area contributed by atoms with Crippen LogP contribution < -0.4 is 5.32 Å².